The molecular weight excluding hydrogens is 332 g/mol. The molecule has 5 amide bonds. The summed E-state index contributed by atoms with van der Waals surface area (Å²) >= 11 is 0. The van der Waals surface area contributed by atoms with E-state index in [0.717, 1.165) is 5.56 Å². The number of carbonyl (C=O) groups is 3. The lowest BCUT2D eigenvalue weighted by molar-refractivity contribution is -0.130. The van der Waals surface area contributed by atoms with E-state index in [4.69, 9.17) is 0 Å². The van der Waals surface area contributed by atoms with Crippen molar-refractivity contribution < 1.29 is 14.4 Å². The quantitative estimate of drug-likeness (QED) is 0.491. The van der Waals surface area contributed by atoms with Crippen LogP contribution in [0.5, 0.6) is 0 Å². The Morgan fingerprint density at radius 1 is 1.23 bits per heavy atom. The van der Waals surface area contributed by atoms with Crippen molar-refractivity contribution in [2.24, 2.45) is 0 Å². The molecule has 140 valence electrons. The molecule has 0 radical (unpaired) electrons. The first kappa shape index (κ1) is 19.5. The van der Waals surface area contributed by atoms with Gasteiger partial charge in [0.15, 0.2) is 0 Å². The number of urea groups is 2. The van der Waals surface area contributed by atoms with Gasteiger partial charge in [-0.05, 0) is 25.3 Å². The Hall–Kier alpha value is -2.83. The second-order valence-corrected chi connectivity index (χ2v) is 6.38. The van der Waals surface area contributed by atoms with Crippen LogP contribution in [-0.4, -0.2) is 48.0 Å². The van der Waals surface area contributed by atoms with E-state index in [-0.39, 0.29) is 24.5 Å². The summed E-state index contributed by atoms with van der Waals surface area (Å²) in [5.41, 5.74) is 0.259. The smallest absolute Gasteiger partial charge is 0.325 e. The zero-order valence-electron chi connectivity index (χ0n) is 15.2. The third-order valence-corrected chi connectivity index (χ3v) is 4.39. The monoisotopic (exact) mass is 358 g/mol. The van der Waals surface area contributed by atoms with E-state index in [0.29, 0.717) is 25.9 Å². The van der Waals surface area contributed by atoms with Gasteiger partial charge in [0, 0.05) is 19.6 Å². The first-order valence-electron chi connectivity index (χ1n) is 8.83. The summed E-state index contributed by atoms with van der Waals surface area (Å²) in [4.78, 5) is 37.0. The van der Waals surface area contributed by atoms with Crippen molar-refractivity contribution in [2.75, 3.05) is 19.6 Å². The van der Waals surface area contributed by atoms with Crippen molar-refractivity contribution in [1.82, 2.24) is 20.9 Å². The molecule has 1 heterocycles. The largest absolute Gasteiger partial charge is 0.338 e. The Morgan fingerprint density at radius 3 is 2.62 bits per heavy atom. The van der Waals surface area contributed by atoms with Gasteiger partial charge in [0.25, 0.3) is 5.91 Å². The van der Waals surface area contributed by atoms with Gasteiger partial charge in [-0.3, -0.25) is 9.69 Å². The molecule has 1 unspecified atom stereocenters. The Labute approximate surface area is 153 Å². The van der Waals surface area contributed by atoms with E-state index in [1.165, 1.54) is 4.90 Å². The second-order valence-electron chi connectivity index (χ2n) is 6.38. The molecule has 1 aliphatic rings. The van der Waals surface area contributed by atoms with Crippen LogP contribution in [0.1, 0.15) is 32.3 Å². The van der Waals surface area contributed by atoms with Crippen LogP contribution < -0.4 is 16.0 Å². The third kappa shape index (κ3) is 5.08. The summed E-state index contributed by atoms with van der Waals surface area (Å²) in [6, 6.07) is 9.17. The first-order chi connectivity index (χ1) is 12.5. The molecule has 1 fully saturated rings. The SMILES string of the molecule is CCC1(C)NC(=O)N(CCCNC(=O)NC/C=C/c2ccccc2)C1=O. The van der Waals surface area contributed by atoms with Crippen LogP contribution >= 0.6 is 0 Å². The van der Waals surface area contributed by atoms with Crippen LogP contribution in [0.4, 0.5) is 9.59 Å². The topological polar surface area (TPSA) is 90.5 Å². The van der Waals surface area contributed by atoms with Gasteiger partial charge in [-0.25, -0.2) is 9.59 Å². The zero-order chi connectivity index (χ0) is 19.0. The van der Waals surface area contributed by atoms with Crippen molar-refractivity contribution in [3.8, 4) is 0 Å². The van der Waals surface area contributed by atoms with E-state index in [1.54, 1.807) is 6.92 Å². The Bertz CT molecular complexity index is 675. The molecule has 26 heavy (non-hydrogen) atoms. The number of hydrogen-bond donors (Lipinski definition) is 3. The van der Waals surface area contributed by atoms with Crippen LogP contribution in [0.3, 0.4) is 0 Å². The Morgan fingerprint density at radius 2 is 1.96 bits per heavy atom. The minimum Gasteiger partial charge on any atom is -0.338 e. The summed E-state index contributed by atoms with van der Waals surface area (Å²) < 4.78 is 0. The molecule has 0 bridgehead atoms. The molecule has 7 heteroatoms. The normalized spacial score (nSPS) is 19.7. The van der Waals surface area contributed by atoms with E-state index >= 15 is 0 Å². The number of benzene rings is 1. The number of hydrogen-bond acceptors (Lipinski definition) is 3. The van der Waals surface area contributed by atoms with Crippen molar-refractivity contribution >= 4 is 24.0 Å². The van der Waals surface area contributed by atoms with Crippen LogP contribution in [0, 0.1) is 0 Å². The van der Waals surface area contributed by atoms with E-state index in [1.807, 2.05) is 49.4 Å². The number of imide groups is 1. The highest BCUT2D eigenvalue weighted by atomic mass is 16.2. The van der Waals surface area contributed by atoms with Gasteiger partial charge in [0.05, 0.1) is 0 Å². The minimum atomic E-state index is -0.813. The number of amides is 5. The average molecular weight is 358 g/mol. The molecule has 0 aliphatic carbocycles. The molecule has 1 aromatic carbocycles. The number of rotatable bonds is 8. The molecule has 7 nitrogen and oxygen atoms in total. The highest BCUT2D eigenvalue weighted by Gasteiger charge is 2.45. The van der Waals surface area contributed by atoms with Crippen molar-refractivity contribution in [3.63, 3.8) is 0 Å². The van der Waals surface area contributed by atoms with E-state index in [9.17, 15) is 14.4 Å². The molecule has 0 spiro atoms. The highest BCUT2D eigenvalue weighted by Crippen LogP contribution is 2.20. The fourth-order valence-corrected chi connectivity index (χ4v) is 2.60. The molecule has 0 aromatic heterocycles. The molecule has 1 aromatic rings. The fraction of sp³-hybridized carbons (Fsp3) is 0.421. The summed E-state index contributed by atoms with van der Waals surface area (Å²) in [6.45, 7) is 4.67. The lowest BCUT2D eigenvalue weighted by Crippen LogP contribution is -2.43. The summed E-state index contributed by atoms with van der Waals surface area (Å²) in [5, 5.41) is 8.15. The van der Waals surface area contributed by atoms with Gasteiger partial charge in [-0.15, -0.1) is 0 Å². The molecule has 1 aliphatic heterocycles. The van der Waals surface area contributed by atoms with Crippen LogP contribution in [-0.2, 0) is 4.79 Å². The first-order valence-corrected chi connectivity index (χ1v) is 8.83. The van der Waals surface area contributed by atoms with Gasteiger partial charge in [-0.2, -0.15) is 0 Å². The number of carbonyl (C=O) groups excluding carboxylic acids is 3. The predicted molar refractivity (Wildman–Crippen MR) is 100 cm³/mol. The average Bonchev–Trinajstić information content (AvgIpc) is 2.86. The molecule has 2 rings (SSSR count). The summed E-state index contributed by atoms with van der Waals surface area (Å²) in [5.74, 6) is -0.208. The van der Waals surface area contributed by atoms with Crippen molar-refractivity contribution in [1.29, 1.82) is 0 Å². The second kappa shape index (κ2) is 9.03. The van der Waals surface area contributed by atoms with E-state index in [2.05, 4.69) is 16.0 Å². The third-order valence-electron chi connectivity index (χ3n) is 4.39. The van der Waals surface area contributed by atoms with Crippen LogP contribution in [0.25, 0.3) is 6.08 Å². The van der Waals surface area contributed by atoms with Crippen LogP contribution in [0.2, 0.25) is 0 Å². The standard InChI is InChI=1S/C19H26N4O3/c1-3-19(2)16(24)23(18(26)22-19)14-8-13-21-17(25)20-12-7-11-15-9-5-4-6-10-15/h4-7,9-11H,3,8,12-14H2,1-2H3,(H,22,26)(H2,20,21,25)/b11-7+. The molecule has 3 N–H and O–H groups in total. The van der Waals surface area contributed by atoms with Gasteiger partial charge >= 0.3 is 12.1 Å². The maximum atomic E-state index is 12.2. The maximum absolute atomic E-state index is 12.2. The van der Waals surface area contributed by atoms with Crippen LogP contribution in [0.15, 0.2) is 36.4 Å². The van der Waals surface area contributed by atoms with Crippen molar-refractivity contribution in [3.05, 3.63) is 42.0 Å². The fourth-order valence-electron chi connectivity index (χ4n) is 2.60. The molecule has 0 saturated carbocycles. The van der Waals surface area contributed by atoms with Gasteiger partial charge in [0.1, 0.15) is 5.54 Å². The molecule has 1 saturated heterocycles. The van der Waals surface area contributed by atoms with Gasteiger partial charge in [-0.1, -0.05) is 49.4 Å². The minimum absolute atomic E-state index is 0.208. The number of nitrogens with one attached hydrogen (secondary N) is 3. The van der Waals surface area contributed by atoms with Gasteiger partial charge < -0.3 is 16.0 Å². The van der Waals surface area contributed by atoms with Crippen molar-refractivity contribution in [2.45, 2.75) is 32.2 Å². The Balaban J connectivity index is 1.62. The number of nitrogens with zero attached hydrogens (tertiary/aromatic N) is 1. The Kier molecular flexibility index (Phi) is 6.77. The zero-order valence-corrected chi connectivity index (χ0v) is 15.2. The lowest BCUT2D eigenvalue weighted by atomic mass is 9.99. The summed E-state index contributed by atoms with van der Waals surface area (Å²) in [7, 11) is 0. The predicted octanol–water partition coefficient (Wildman–Crippen LogP) is 2.11. The summed E-state index contributed by atoms with van der Waals surface area (Å²) in [6.07, 6.45) is 4.85. The molecular formula is C19H26N4O3. The lowest BCUT2D eigenvalue weighted by Gasteiger charge is -2.19. The van der Waals surface area contributed by atoms with E-state index < -0.39 is 5.54 Å². The molecule has 1 atom stereocenters. The maximum Gasteiger partial charge on any atom is 0.325 e. The van der Waals surface area contributed by atoms with Gasteiger partial charge in [0.2, 0.25) is 0 Å². The highest BCUT2D eigenvalue weighted by molar-refractivity contribution is 6.06.